The molecule has 3 heteroatoms. The fraction of sp³-hybridized carbons (Fsp3) is 0.385. The summed E-state index contributed by atoms with van der Waals surface area (Å²) in [6.45, 7) is 6.06. The van der Waals surface area contributed by atoms with E-state index < -0.39 is 12.1 Å². The van der Waals surface area contributed by atoms with Gasteiger partial charge < -0.3 is 0 Å². The van der Waals surface area contributed by atoms with Gasteiger partial charge in [0, 0.05) is 17.4 Å². The van der Waals surface area contributed by atoms with Crippen molar-refractivity contribution in [1.29, 1.82) is 0 Å². The standard InChI is InChI=1S/C26H27F3/c1-3-21(4-2)22-13-15-24(16-14-22)23-11-7-19(8-12-23)5-6-20-9-17-25(18-10-20)26(27,28)29/h3,7-8,11-16,20-21,25H,1,4,9-10,17-18H2,2H3. The second-order valence-corrected chi connectivity index (χ2v) is 7.81. The lowest BCUT2D eigenvalue weighted by Crippen LogP contribution is -2.27. The molecule has 1 saturated carbocycles. The van der Waals surface area contributed by atoms with Crippen molar-refractivity contribution in [3.63, 3.8) is 0 Å². The van der Waals surface area contributed by atoms with Crippen molar-refractivity contribution in [2.75, 3.05) is 0 Å². The molecule has 2 aromatic carbocycles. The molecule has 1 fully saturated rings. The molecule has 0 saturated heterocycles. The predicted molar refractivity (Wildman–Crippen MR) is 113 cm³/mol. The van der Waals surface area contributed by atoms with Crippen molar-refractivity contribution >= 4 is 0 Å². The van der Waals surface area contributed by atoms with Gasteiger partial charge in [-0.25, -0.2) is 0 Å². The van der Waals surface area contributed by atoms with Crippen LogP contribution in [-0.2, 0) is 0 Å². The van der Waals surface area contributed by atoms with E-state index in [1.165, 1.54) is 5.56 Å². The van der Waals surface area contributed by atoms with Crippen LogP contribution in [0, 0.1) is 23.7 Å². The summed E-state index contributed by atoms with van der Waals surface area (Å²) in [6, 6.07) is 16.6. The summed E-state index contributed by atoms with van der Waals surface area (Å²) in [5.41, 5.74) is 4.45. The molecule has 29 heavy (non-hydrogen) atoms. The average Bonchev–Trinajstić information content (AvgIpc) is 2.74. The molecule has 0 radical (unpaired) electrons. The first-order valence-corrected chi connectivity index (χ1v) is 10.3. The number of hydrogen-bond donors (Lipinski definition) is 0. The topological polar surface area (TPSA) is 0 Å². The molecule has 1 atom stereocenters. The highest BCUT2D eigenvalue weighted by molar-refractivity contribution is 5.64. The van der Waals surface area contributed by atoms with Crippen molar-refractivity contribution in [2.24, 2.45) is 11.8 Å². The van der Waals surface area contributed by atoms with E-state index in [-0.39, 0.29) is 18.8 Å². The van der Waals surface area contributed by atoms with Crippen molar-refractivity contribution in [3.05, 3.63) is 72.3 Å². The van der Waals surface area contributed by atoms with Crippen LogP contribution in [0.1, 0.15) is 56.1 Å². The molecule has 0 heterocycles. The minimum absolute atomic E-state index is 0.0668. The number of halogens is 3. The molecule has 0 spiro atoms. The maximum Gasteiger partial charge on any atom is 0.391 e. The molecule has 1 unspecified atom stereocenters. The second kappa shape index (κ2) is 9.35. The Bertz CT molecular complexity index is 855. The smallest absolute Gasteiger partial charge is 0.171 e. The Balaban J connectivity index is 1.62. The molecule has 0 amide bonds. The van der Waals surface area contributed by atoms with Crippen LogP contribution in [0.3, 0.4) is 0 Å². The molecule has 152 valence electrons. The van der Waals surface area contributed by atoms with Crippen LogP contribution in [0.4, 0.5) is 13.2 Å². The van der Waals surface area contributed by atoms with Gasteiger partial charge in [0.05, 0.1) is 5.92 Å². The fourth-order valence-corrected chi connectivity index (χ4v) is 3.96. The minimum atomic E-state index is -4.06. The quantitative estimate of drug-likeness (QED) is 0.366. The fourth-order valence-electron chi connectivity index (χ4n) is 3.96. The first-order valence-electron chi connectivity index (χ1n) is 10.3. The Morgan fingerprint density at radius 2 is 1.52 bits per heavy atom. The lowest BCUT2D eigenvalue weighted by molar-refractivity contribution is -0.182. The van der Waals surface area contributed by atoms with Gasteiger partial charge in [0.2, 0.25) is 0 Å². The van der Waals surface area contributed by atoms with Crippen molar-refractivity contribution in [1.82, 2.24) is 0 Å². The molecule has 3 rings (SSSR count). The Kier molecular flexibility index (Phi) is 6.85. The van der Waals surface area contributed by atoms with E-state index in [9.17, 15) is 13.2 Å². The van der Waals surface area contributed by atoms with E-state index >= 15 is 0 Å². The Hall–Kier alpha value is -2.47. The van der Waals surface area contributed by atoms with E-state index in [2.05, 4.69) is 49.6 Å². The molecule has 0 aliphatic heterocycles. The summed E-state index contributed by atoms with van der Waals surface area (Å²) >= 11 is 0. The third-order valence-electron chi connectivity index (χ3n) is 5.89. The third kappa shape index (κ3) is 5.54. The molecule has 0 aromatic heterocycles. The van der Waals surface area contributed by atoms with Crippen LogP contribution in [0.15, 0.2) is 61.2 Å². The summed E-state index contributed by atoms with van der Waals surface area (Å²) in [6.07, 6.45) is 0.420. The van der Waals surface area contributed by atoms with Crippen molar-refractivity contribution in [2.45, 2.75) is 51.1 Å². The normalized spacial score (nSPS) is 20.4. The third-order valence-corrected chi connectivity index (χ3v) is 5.89. The van der Waals surface area contributed by atoms with E-state index in [4.69, 9.17) is 0 Å². The number of rotatable bonds is 4. The summed E-state index contributed by atoms with van der Waals surface area (Å²) in [4.78, 5) is 0. The largest absolute Gasteiger partial charge is 0.391 e. The van der Waals surface area contributed by atoms with Gasteiger partial charge in [0.1, 0.15) is 0 Å². The monoisotopic (exact) mass is 396 g/mol. The number of alkyl halides is 3. The highest BCUT2D eigenvalue weighted by atomic mass is 19.4. The molecule has 0 nitrogen and oxygen atoms in total. The van der Waals surface area contributed by atoms with Crippen molar-refractivity contribution < 1.29 is 13.2 Å². The molecule has 1 aliphatic carbocycles. The number of benzene rings is 2. The summed E-state index contributed by atoms with van der Waals surface area (Å²) < 4.78 is 38.3. The molecule has 2 aromatic rings. The van der Waals surface area contributed by atoms with Crippen LogP contribution < -0.4 is 0 Å². The van der Waals surface area contributed by atoms with Gasteiger partial charge in [-0.05, 0) is 60.9 Å². The highest BCUT2D eigenvalue weighted by Crippen LogP contribution is 2.39. The zero-order valence-corrected chi connectivity index (χ0v) is 16.8. The van der Waals surface area contributed by atoms with Gasteiger partial charge in [-0.3, -0.25) is 0 Å². The molecular weight excluding hydrogens is 369 g/mol. The molecule has 0 bridgehead atoms. The zero-order chi connectivity index (χ0) is 20.9. The van der Waals surface area contributed by atoms with Crippen LogP contribution in [-0.4, -0.2) is 6.18 Å². The predicted octanol–water partition coefficient (Wildman–Crippen LogP) is 7.75. The first-order chi connectivity index (χ1) is 13.9. The Morgan fingerprint density at radius 3 is 2.00 bits per heavy atom. The summed E-state index contributed by atoms with van der Waals surface area (Å²) in [7, 11) is 0. The van der Waals surface area contributed by atoms with Crippen LogP contribution in [0.2, 0.25) is 0 Å². The van der Waals surface area contributed by atoms with E-state index in [1.54, 1.807) is 0 Å². The second-order valence-electron chi connectivity index (χ2n) is 7.81. The number of allylic oxidation sites excluding steroid dienone is 1. The molecular formula is C26H27F3. The summed E-state index contributed by atoms with van der Waals surface area (Å²) in [5, 5.41) is 0. The van der Waals surface area contributed by atoms with Gasteiger partial charge in [-0.15, -0.1) is 6.58 Å². The Labute approximate surface area is 171 Å². The van der Waals surface area contributed by atoms with E-state index in [0.29, 0.717) is 18.8 Å². The highest BCUT2D eigenvalue weighted by Gasteiger charge is 2.41. The van der Waals surface area contributed by atoms with Crippen molar-refractivity contribution in [3.8, 4) is 23.0 Å². The van der Waals surface area contributed by atoms with Gasteiger partial charge >= 0.3 is 6.18 Å². The Morgan fingerprint density at radius 1 is 0.966 bits per heavy atom. The van der Waals surface area contributed by atoms with E-state index in [1.807, 2.05) is 30.3 Å². The van der Waals surface area contributed by atoms with Gasteiger partial charge in [-0.2, -0.15) is 13.2 Å². The first kappa shape index (κ1) is 21.2. The SMILES string of the molecule is C=CC(CC)c1ccc(-c2ccc(C#CC3CCC(C(F)(F)F)CC3)cc2)cc1. The van der Waals surface area contributed by atoms with Crippen LogP contribution >= 0.6 is 0 Å². The van der Waals surface area contributed by atoms with Gasteiger partial charge in [0.15, 0.2) is 0 Å². The average molecular weight is 396 g/mol. The minimum Gasteiger partial charge on any atom is -0.171 e. The van der Waals surface area contributed by atoms with Crippen LogP contribution in [0.25, 0.3) is 11.1 Å². The lowest BCUT2D eigenvalue weighted by Gasteiger charge is -2.27. The van der Waals surface area contributed by atoms with Crippen LogP contribution in [0.5, 0.6) is 0 Å². The zero-order valence-electron chi connectivity index (χ0n) is 16.8. The lowest BCUT2D eigenvalue weighted by atomic mass is 9.82. The van der Waals surface area contributed by atoms with Gasteiger partial charge in [0.25, 0.3) is 0 Å². The molecule has 0 N–H and O–H groups in total. The van der Waals surface area contributed by atoms with Gasteiger partial charge in [-0.1, -0.05) is 61.2 Å². The maximum absolute atomic E-state index is 12.8. The van der Waals surface area contributed by atoms with E-state index in [0.717, 1.165) is 23.1 Å². The number of hydrogen-bond acceptors (Lipinski definition) is 0. The maximum atomic E-state index is 12.8. The molecule has 1 aliphatic rings. The summed E-state index contributed by atoms with van der Waals surface area (Å²) in [5.74, 6) is 5.62.